The number of halogens is 3. The second-order valence-corrected chi connectivity index (χ2v) is 3.53. The van der Waals surface area contributed by atoms with Crippen LogP contribution in [0.3, 0.4) is 0 Å². The highest BCUT2D eigenvalue weighted by molar-refractivity contribution is 7.80. The predicted molar refractivity (Wildman–Crippen MR) is 61.8 cm³/mol. The molecule has 0 bridgehead atoms. The summed E-state index contributed by atoms with van der Waals surface area (Å²) in [6.07, 6.45) is -4.68. The van der Waals surface area contributed by atoms with Gasteiger partial charge in [-0.05, 0) is 5.56 Å². The molecule has 0 unspecified atom stereocenters. The zero-order valence-electron chi connectivity index (χ0n) is 8.45. The topological polar surface area (TPSA) is 49.8 Å². The zero-order chi connectivity index (χ0) is 13.1. The second kappa shape index (κ2) is 4.97. The number of alkyl halides is 3. The van der Waals surface area contributed by atoms with Crippen molar-refractivity contribution in [1.82, 2.24) is 0 Å². The predicted octanol–water partition coefficient (Wildman–Crippen LogP) is 2.81. The molecular formula is C11H7F3N2S. The number of nitrogens with two attached hydrogens (primary N) is 1. The van der Waals surface area contributed by atoms with Gasteiger partial charge in [0.15, 0.2) is 0 Å². The third-order valence-electron chi connectivity index (χ3n) is 1.95. The molecule has 0 aliphatic heterocycles. The van der Waals surface area contributed by atoms with Crippen molar-refractivity contribution in [3.8, 4) is 6.07 Å². The average molecular weight is 256 g/mol. The molecule has 1 rings (SSSR count). The van der Waals surface area contributed by atoms with Crippen LogP contribution in [0.5, 0.6) is 0 Å². The molecule has 0 fully saturated rings. The summed E-state index contributed by atoms with van der Waals surface area (Å²) >= 11 is 4.46. The van der Waals surface area contributed by atoms with E-state index < -0.39 is 22.3 Å². The van der Waals surface area contributed by atoms with E-state index in [9.17, 15) is 13.2 Å². The van der Waals surface area contributed by atoms with Gasteiger partial charge in [-0.25, -0.2) is 0 Å². The lowest BCUT2D eigenvalue weighted by molar-refractivity contribution is -0.0690. The van der Waals surface area contributed by atoms with Crippen LogP contribution in [-0.4, -0.2) is 11.2 Å². The summed E-state index contributed by atoms with van der Waals surface area (Å²) in [4.78, 5) is -0.566. The monoisotopic (exact) mass is 256 g/mol. The van der Waals surface area contributed by atoms with Gasteiger partial charge in [-0.1, -0.05) is 42.5 Å². The van der Waals surface area contributed by atoms with E-state index in [4.69, 9.17) is 11.0 Å². The Kier molecular flexibility index (Phi) is 3.86. The number of thiocarbonyl (C=S) groups is 1. The van der Waals surface area contributed by atoms with Crippen LogP contribution in [0.2, 0.25) is 0 Å². The number of benzene rings is 1. The normalized spacial score (nSPS) is 12.6. The lowest BCUT2D eigenvalue weighted by atomic mass is 10.00. The van der Waals surface area contributed by atoms with Crippen molar-refractivity contribution in [3.05, 3.63) is 41.5 Å². The van der Waals surface area contributed by atoms with Gasteiger partial charge in [0, 0.05) is 0 Å². The SMILES string of the molecule is N#CC(C(N)=S)=C(c1ccccc1)C(F)(F)F. The molecule has 0 aliphatic rings. The first-order valence-corrected chi connectivity index (χ1v) is 4.85. The fourth-order valence-corrected chi connectivity index (χ4v) is 1.44. The van der Waals surface area contributed by atoms with Gasteiger partial charge in [-0.2, -0.15) is 18.4 Å². The first-order valence-electron chi connectivity index (χ1n) is 4.44. The highest BCUT2D eigenvalue weighted by atomic mass is 32.1. The first kappa shape index (κ1) is 13.2. The van der Waals surface area contributed by atoms with Crippen LogP contribution >= 0.6 is 12.2 Å². The van der Waals surface area contributed by atoms with Crippen LogP contribution in [0.4, 0.5) is 13.2 Å². The molecule has 0 heterocycles. The zero-order valence-corrected chi connectivity index (χ0v) is 9.27. The minimum Gasteiger partial charge on any atom is -0.389 e. The van der Waals surface area contributed by atoms with E-state index in [1.807, 2.05) is 0 Å². The maximum absolute atomic E-state index is 12.9. The largest absolute Gasteiger partial charge is 0.418 e. The molecule has 6 heteroatoms. The Balaban J connectivity index is 3.55. The minimum atomic E-state index is -4.68. The molecule has 0 radical (unpaired) electrons. The fraction of sp³-hybridized carbons (Fsp3) is 0.0909. The molecule has 0 spiro atoms. The van der Waals surface area contributed by atoms with Crippen LogP contribution in [0.25, 0.3) is 5.57 Å². The summed E-state index contributed by atoms with van der Waals surface area (Å²) in [7, 11) is 0. The molecule has 0 amide bonds. The van der Waals surface area contributed by atoms with Crippen LogP contribution in [0.15, 0.2) is 35.9 Å². The number of hydrogen-bond donors (Lipinski definition) is 1. The Morgan fingerprint density at radius 1 is 1.24 bits per heavy atom. The molecular weight excluding hydrogens is 249 g/mol. The molecule has 0 aliphatic carbocycles. The Hall–Kier alpha value is -1.87. The van der Waals surface area contributed by atoms with Crippen LogP contribution in [0.1, 0.15) is 5.56 Å². The van der Waals surface area contributed by atoms with Gasteiger partial charge in [0.05, 0.1) is 11.1 Å². The minimum absolute atomic E-state index is 0.135. The van der Waals surface area contributed by atoms with E-state index in [0.29, 0.717) is 0 Å². The molecule has 17 heavy (non-hydrogen) atoms. The highest BCUT2D eigenvalue weighted by Crippen LogP contribution is 2.36. The molecule has 0 atom stereocenters. The summed E-state index contributed by atoms with van der Waals surface area (Å²) < 4.78 is 38.6. The molecule has 1 aromatic carbocycles. The van der Waals surface area contributed by atoms with E-state index in [1.165, 1.54) is 30.3 Å². The van der Waals surface area contributed by atoms with Gasteiger partial charge in [0.25, 0.3) is 0 Å². The number of allylic oxidation sites excluding steroid dienone is 1. The molecule has 0 aromatic heterocycles. The van der Waals surface area contributed by atoms with Crippen LogP contribution < -0.4 is 5.73 Å². The Bertz CT molecular complexity index is 498. The van der Waals surface area contributed by atoms with E-state index in [0.717, 1.165) is 0 Å². The van der Waals surface area contributed by atoms with Gasteiger partial charge < -0.3 is 5.73 Å². The average Bonchev–Trinajstić information content (AvgIpc) is 2.24. The standard InChI is InChI=1S/C11H7F3N2S/c12-11(13,14)9(8(6-15)10(16)17)7-4-2-1-3-5-7/h1-5H,(H2,16,17). The summed E-state index contributed by atoms with van der Waals surface area (Å²) in [5.74, 6) is 0. The molecule has 0 saturated heterocycles. The van der Waals surface area contributed by atoms with Crippen LogP contribution in [0, 0.1) is 11.3 Å². The lowest BCUT2D eigenvalue weighted by Crippen LogP contribution is -2.19. The van der Waals surface area contributed by atoms with E-state index in [2.05, 4.69) is 12.2 Å². The lowest BCUT2D eigenvalue weighted by Gasteiger charge is -2.13. The van der Waals surface area contributed by atoms with Crippen molar-refractivity contribution in [2.45, 2.75) is 6.18 Å². The summed E-state index contributed by atoms with van der Waals surface area (Å²) in [5, 5.41) is 8.72. The van der Waals surface area contributed by atoms with Gasteiger partial charge in [-0.3, -0.25) is 0 Å². The quantitative estimate of drug-likeness (QED) is 0.503. The highest BCUT2D eigenvalue weighted by Gasteiger charge is 2.38. The van der Waals surface area contributed by atoms with Crippen molar-refractivity contribution in [2.75, 3.05) is 0 Å². The molecule has 1 aromatic rings. The second-order valence-electron chi connectivity index (χ2n) is 3.09. The van der Waals surface area contributed by atoms with Crippen molar-refractivity contribution < 1.29 is 13.2 Å². The van der Waals surface area contributed by atoms with Crippen molar-refractivity contribution in [2.24, 2.45) is 5.73 Å². The fourth-order valence-electron chi connectivity index (χ4n) is 1.29. The van der Waals surface area contributed by atoms with Crippen LogP contribution in [-0.2, 0) is 0 Å². The van der Waals surface area contributed by atoms with Gasteiger partial charge >= 0.3 is 6.18 Å². The Labute approximate surface area is 101 Å². The Morgan fingerprint density at radius 2 is 1.76 bits per heavy atom. The van der Waals surface area contributed by atoms with Gasteiger partial charge in [0.2, 0.25) is 0 Å². The number of hydrogen-bond acceptors (Lipinski definition) is 2. The first-order chi connectivity index (χ1) is 7.88. The summed E-state index contributed by atoms with van der Waals surface area (Å²) in [6, 6.07) is 8.35. The third-order valence-corrected chi connectivity index (χ3v) is 2.16. The Morgan fingerprint density at radius 3 is 2.12 bits per heavy atom. The van der Waals surface area contributed by atoms with E-state index >= 15 is 0 Å². The van der Waals surface area contributed by atoms with Crippen molar-refractivity contribution >= 4 is 22.8 Å². The maximum atomic E-state index is 12.9. The molecule has 2 nitrogen and oxygen atoms in total. The summed E-state index contributed by atoms with van der Waals surface area (Å²) in [6.45, 7) is 0. The molecule has 0 saturated carbocycles. The smallest absolute Gasteiger partial charge is 0.389 e. The van der Waals surface area contributed by atoms with Gasteiger partial charge in [0.1, 0.15) is 11.1 Å². The van der Waals surface area contributed by atoms with Crippen molar-refractivity contribution in [1.29, 1.82) is 5.26 Å². The van der Waals surface area contributed by atoms with E-state index in [1.54, 1.807) is 6.07 Å². The third kappa shape index (κ3) is 3.04. The van der Waals surface area contributed by atoms with Gasteiger partial charge in [-0.15, -0.1) is 0 Å². The number of nitriles is 1. The number of rotatable bonds is 2. The van der Waals surface area contributed by atoms with E-state index in [-0.39, 0.29) is 5.56 Å². The molecule has 88 valence electrons. The number of nitrogens with zero attached hydrogens (tertiary/aromatic N) is 1. The van der Waals surface area contributed by atoms with Crippen molar-refractivity contribution in [3.63, 3.8) is 0 Å². The maximum Gasteiger partial charge on any atom is 0.418 e. The summed E-state index contributed by atoms with van der Waals surface area (Å²) in [5.41, 5.74) is 3.17. The molecule has 2 N–H and O–H groups in total.